The quantitative estimate of drug-likeness (QED) is 0.717. The van der Waals surface area contributed by atoms with Crippen LogP contribution < -0.4 is 5.32 Å². The number of hydrogen-bond donors (Lipinski definition) is 1. The molecule has 0 radical (unpaired) electrons. The molecule has 0 fully saturated rings. The summed E-state index contributed by atoms with van der Waals surface area (Å²) < 4.78 is 16.4. The van der Waals surface area contributed by atoms with Crippen molar-refractivity contribution >= 4 is 11.6 Å². The number of carbonyl (C=O) groups excluding carboxylic acids is 1. The number of nitrogens with zero attached hydrogens (tertiary/aromatic N) is 3. The molecule has 1 aliphatic heterocycles. The lowest BCUT2D eigenvalue weighted by molar-refractivity contribution is -0.116. The fourth-order valence-electron chi connectivity index (χ4n) is 3.57. The van der Waals surface area contributed by atoms with Gasteiger partial charge in [0.15, 0.2) is 5.82 Å². The van der Waals surface area contributed by atoms with Gasteiger partial charge in [0.2, 0.25) is 5.91 Å². The van der Waals surface area contributed by atoms with E-state index in [1.54, 1.807) is 12.1 Å². The predicted octanol–water partition coefficient (Wildman–Crippen LogP) is 4.38. The maximum atomic E-state index is 14.3. The second-order valence-electron chi connectivity index (χ2n) is 7.13. The van der Waals surface area contributed by atoms with Crippen LogP contribution in [0.1, 0.15) is 37.1 Å². The molecule has 0 aliphatic carbocycles. The first kappa shape index (κ1) is 18.3. The Bertz CT molecular complexity index is 968. The van der Waals surface area contributed by atoms with Gasteiger partial charge in [-0.15, -0.1) is 10.2 Å². The molecular weight excluding hydrogens is 355 g/mol. The molecule has 0 saturated carbocycles. The van der Waals surface area contributed by atoms with Crippen molar-refractivity contribution in [3.8, 4) is 11.4 Å². The Labute approximate surface area is 163 Å². The summed E-state index contributed by atoms with van der Waals surface area (Å²) in [7, 11) is 0. The normalized spacial score (nSPS) is 13.6. The van der Waals surface area contributed by atoms with Gasteiger partial charge in [-0.1, -0.05) is 36.8 Å². The highest BCUT2D eigenvalue weighted by Gasteiger charge is 2.17. The van der Waals surface area contributed by atoms with Gasteiger partial charge in [-0.05, 0) is 43.0 Å². The van der Waals surface area contributed by atoms with E-state index in [1.165, 1.54) is 12.5 Å². The van der Waals surface area contributed by atoms with E-state index >= 15 is 0 Å². The molecule has 0 saturated heterocycles. The molecule has 2 heterocycles. The van der Waals surface area contributed by atoms with Gasteiger partial charge < -0.3 is 9.88 Å². The monoisotopic (exact) mass is 378 g/mol. The van der Waals surface area contributed by atoms with Crippen LogP contribution in [0.25, 0.3) is 11.4 Å². The van der Waals surface area contributed by atoms with Crippen molar-refractivity contribution in [1.29, 1.82) is 0 Å². The third-order valence-electron chi connectivity index (χ3n) is 5.09. The van der Waals surface area contributed by atoms with E-state index in [1.807, 2.05) is 30.3 Å². The third kappa shape index (κ3) is 4.11. The molecule has 2 aromatic carbocycles. The molecule has 0 bridgehead atoms. The van der Waals surface area contributed by atoms with Gasteiger partial charge in [-0.2, -0.15) is 0 Å². The number of anilines is 1. The molecule has 3 aromatic rings. The van der Waals surface area contributed by atoms with Crippen LogP contribution in [0.5, 0.6) is 0 Å². The lowest BCUT2D eigenvalue weighted by Crippen LogP contribution is -2.13. The number of hydrogen-bond acceptors (Lipinski definition) is 3. The van der Waals surface area contributed by atoms with Gasteiger partial charge in [0.25, 0.3) is 0 Å². The van der Waals surface area contributed by atoms with Crippen LogP contribution in [0.2, 0.25) is 0 Å². The summed E-state index contributed by atoms with van der Waals surface area (Å²) >= 11 is 0. The van der Waals surface area contributed by atoms with E-state index < -0.39 is 5.82 Å². The number of nitrogens with one attached hydrogen (secondary N) is 1. The number of benzene rings is 2. The third-order valence-corrected chi connectivity index (χ3v) is 5.09. The summed E-state index contributed by atoms with van der Waals surface area (Å²) in [5.41, 5.74) is 2.03. The minimum absolute atomic E-state index is 0.182. The minimum Gasteiger partial charge on any atom is -0.324 e. The zero-order valence-electron chi connectivity index (χ0n) is 15.7. The van der Waals surface area contributed by atoms with Crippen molar-refractivity contribution in [2.45, 2.75) is 45.1 Å². The molecule has 1 aliphatic rings. The maximum Gasteiger partial charge on any atom is 0.224 e. The van der Waals surface area contributed by atoms with Gasteiger partial charge in [0.1, 0.15) is 11.6 Å². The summed E-state index contributed by atoms with van der Waals surface area (Å²) in [4.78, 5) is 12.3. The lowest BCUT2D eigenvalue weighted by atomic mass is 10.1. The first-order valence-electron chi connectivity index (χ1n) is 9.76. The van der Waals surface area contributed by atoms with Gasteiger partial charge in [-0.25, -0.2) is 4.39 Å². The predicted molar refractivity (Wildman–Crippen MR) is 106 cm³/mol. The number of fused-ring (bicyclic) bond motifs is 1. The topological polar surface area (TPSA) is 59.8 Å². The van der Waals surface area contributed by atoms with E-state index in [4.69, 9.17) is 0 Å². The number of halogens is 1. The fourth-order valence-corrected chi connectivity index (χ4v) is 3.57. The fraction of sp³-hybridized carbons (Fsp3) is 0.318. The zero-order valence-corrected chi connectivity index (χ0v) is 15.7. The molecule has 144 valence electrons. The highest BCUT2D eigenvalue weighted by atomic mass is 19.1. The van der Waals surface area contributed by atoms with Crippen LogP contribution in [0.3, 0.4) is 0 Å². The number of carbonyl (C=O) groups is 1. The molecule has 6 heteroatoms. The summed E-state index contributed by atoms with van der Waals surface area (Å²) in [5.74, 6) is 1.05. The summed E-state index contributed by atoms with van der Waals surface area (Å²) in [6, 6.07) is 14.5. The molecule has 28 heavy (non-hydrogen) atoms. The summed E-state index contributed by atoms with van der Waals surface area (Å²) in [5, 5.41) is 11.3. The SMILES string of the molecule is O=C(CCc1ccccc1)Nc1cc(-c2nnc3n2CCCCC3)ccc1F. The van der Waals surface area contributed by atoms with Crippen LogP contribution in [0.4, 0.5) is 10.1 Å². The van der Waals surface area contributed by atoms with Crippen LogP contribution in [-0.2, 0) is 24.2 Å². The number of aromatic nitrogens is 3. The largest absolute Gasteiger partial charge is 0.324 e. The van der Waals surface area contributed by atoms with Gasteiger partial charge in [-0.3, -0.25) is 4.79 Å². The molecule has 1 amide bonds. The molecule has 1 aromatic heterocycles. The van der Waals surface area contributed by atoms with Gasteiger partial charge in [0.05, 0.1) is 5.69 Å². The van der Waals surface area contributed by atoms with Crippen molar-refractivity contribution < 1.29 is 9.18 Å². The van der Waals surface area contributed by atoms with Gasteiger partial charge in [0, 0.05) is 24.9 Å². The van der Waals surface area contributed by atoms with E-state index in [9.17, 15) is 9.18 Å². The number of rotatable bonds is 5. The van der Waals surface area contributed by atoms with Crippen molar-refractivity contribution in [1.82, 2.24) is 14.8 Å². The first-order chi connectivity index (χ1) is 13.7. The van der Waals surface area contributed by atoms with E-state index in [0.29, 0.717) is 12.8 Å². The van der Waals surface area contributed by atoms with Crippen LogP contribution in [-0.4, -0.2) is 20.7 Å². The highest BCUT2D eigenvalue weighted by molar-refractivity contribution is 5.91. The molecule has 4 rings (SSSR count). The molecule has 0 spiro atoms. The number of amides is 1. The lowest BCUT2D eigenvalue weighted by Gasteiger charge is -2.10. The van der Waals surface area contributed by atoms with E-state index in [0.717, 1.165) is 48.6 Å². The molecule has 1 N–H and O–H groups in total. The maximum absolute atomic E-state index is 14.3. The van der Waals surface area contributed by atoms with Crippen LogP contribution in [0, 0.1) is 5.82 Å². The number of aryl methyl sites for hydroxylation is 2. The van der Waals surface area contributed by atoms with Crippen molar-refractivity contribution in [2.75, 3.05) is 5.32 Å². The van der Waals surface area contributed by atoms with Crippen LogP contribution in [0.15, 0.2) is 48.5 Å². The van der Waals surface area contributed by atoms with E-state index in [-0.39, 0.29) is 11.6 Å². The average Bonchev–Trinajstić information content (AvgIpc) is 2.97. The molecule has 0 atom stereocenters. The van der Waals surface area contributed by atoms with Crippen molar-refractivity contribution in [2.24, 2.45) is 0 Å². The highest BCUT2D eigenvalue weighted by Crippen LogP contribution is 2.26. The molecular formula is C22H23FN4O. The van der Waals surface area contributed by atoms with Crippen LogP contribution >= 0.6 is 0 Å². The Balaban J connectivity index is 1.50. The zero-order chi connectivity index (χ0) is 19.3. The Hall–Kier alpha value is -3.02. The summed E-state index contributed by atoms with van der Waals surface area (Å²) in [6.07, 6.45) is 5.21. The Kier molecular flexibility index (Phi) is 5.46. The second-order valence-corrected chi connectivity index (χ2v) is 7.13. The summed E-state index contributed by atoms with van der Waals surface area (Å²) in [6.45, 7) is 0.869. The second kappa shape index (κ2) is 8.33. The van der Waals surface area contributed by atoms with E-state index in [2.05, 4.69) is 20.1 Å². The minimum atomic E-state index is -0.451. The Morgan fingerprint density at radius 1 is 1.07 bits per heavy atom. The molecule has 0 unspecified atom stereocenters. The Morgan fingerprint density at radius 2 is 1.93 bits per heavy atom. The standard InChI is InChI=1S/C22H23FN4O/c23-18-12-11-17(22-26-25-20-9-5-2-6-14-27(20)22)15-19(18)24-21(28)13-10-16-7-3-1-4-8-16/h1,3-4,7-8,11-12,15H,2,5-6,9-10,13-14H2,(H,24,28). The van der Waals surface area contributed by atoms with Crippen molar-refractivity contribution in [3.05, 3.63) is 65.7 Å². The average molecular weight is 378 g/mol. The smallest absolute Gasteiger partial charge is 0.224 e. The Morgan fingerprint density at radius 3 is 2.79 bits per heavy atom. The first-order valence-corrected chi connectivity index (χ1v) is 9.76. The van der Waals surface area contributed by atoms with Crippen molar-refractivity contribution in [3.63, 3.8) is 0 Å². The van der Waals surface area contributed by atoms with Gasteiger partial charge >= 0.3 is 0 Å². The molecule has 5 nitrogen and oxygen atoms in total.